The standard InChI is InChI=1S/C19H34O7S/c1-3-5-7-8-9-10-11-12-13-15-25-18(20)16-17(27(22,23)24)19(21)26-14-6-4-2/h4,6,17H,3,5,7-16H2,1-2H3,(H,22,23,24)/b6-4+. The van der Waals surface area contributed by atoms with Gasteiger partial charge in [-0.1, -0.05) is 70.4 Å². The zero-order chi connectivity index (χ0) is 20.5. The Labute approximate surface area is 163 Å². The Morgan fingerprint density at radius 2 is 1.52 bits per heavy atom. The minimum atomic E-state index is -4.75. The summed E-state index contributed by atoms with van der Waals surface area (Å²) in [4.78, 5) is 23.5. The summed E-state index contributed by atoms with van der Waals surface area (Å²) in [6.07, 6.45) is 12.4. The molecule has 0 amide bonds. The highest BCUT2D eigenvalue weighted by atomic mass is 32.2. The van der Waals surface area contributed by atoms with Crippen LogP contribution in [-0.4, -0.2) is 43.4 Å². The average Bonchev–Trinajstić information content (AvgIpc) is 2.60. The van der Waals surface area contributed by atoms with Gasteiger partial charge in [-0.15, -0.1) is 0 Å². The van der Waals surface area contributed by atoms with Crippen LogP contribution in [0, 0.1) is 0 Å². The molecular weight excluding hydrogens is 372 g/mol. The van der Waals surface area contributed by atoms with Crippen molar-refractivity contribution >= 4 is 22.1 Å². The Morgan fingerprint density at radius 1 is 0.963 bits per heavy atom. The van der Waals surface area contributed by atoms with E-state index in [1.807, 2.05) is 0 Å². The molecule has 0 aromatic rings. The molecule has 1 unspecified atom stereocenters. The van der Waals surface area contributed by atoms with E-state index in [-0.39, 0.29) is 13.2 Å². The van der Waals surface area contributed by atoms with Gasteiger partial charge in [0.15, 0.2) is 5.25 Å². The molecule has 7 nitrogen and oxygen atoms in total. The fourth-order valence-electron chi connectivity index (χ4n) is 2.44. The molecule has 0 aliphatic heterocycles. The normalized spacial score (nSPS) is 12.9. The van der Waals surface area contributed by atoms with Crippen LogP contribution in [0.1, 0.15) is 78.1 Å². The highest BCUT2D eigenvalue weighted by Crippen LogP contribution is 2.11. The Morgan fingerprint density at radius 3 is 2.04 bits per heavy atom. The fourth-order valence-corrected chi connectivity index (χ4v) is 3.10. The van der Waals surface area contributed by atoms with Crippen LogP contribution < -0.4 is 0 Å². The van der Waals surface area contributed by atoms with E-state index in [0.717, 1.165) is 19.3 Å². The van der Waals surface area contributed by atoms with Crippen LogP contribution in [0.4, 0.5) is 0 Å². The molecule has 0 saturated carbocycles. The summed E-state index contributed by atoms with van der Waals surface area (Å²) in [5.74, 6) is -2.02. The molecule has 1 atom stereocenters. The van der Waals surface area contributed by atoms with Crippen molar-refractivity contribution in [3.05, 3.63) is 12.2 Å². The van der Waals surface area contributed by atoms with Crippen molar-refractivity contribution in [2.45, 2.75) is 83.3 Å². The third-order valence-electron chi connectivity index (χ3n) is 4.04. The first-order valence-electron chi connectivity index (χ1n) is 9.72. The summed E-state index contributed by atoms with van der Waals surface area (Å²) in [5.41, 5.74) is 0. The van der Waals surface area contributed by atoms with Gasteiger partial charge in [0.1, 0.15) is 6.61 Å². The van der Waals surface area contributed by atoms with Gasteiger partial charge >= 0.3 is 11.9 Å². The van der Waals surface area contributed by atoms with Crippen molar-refractivity contribution in [1.82, 2.24) is 0 Å². The lowest BCUT2D eigenvalue weighted by Crippen LogP contribution is -2.34. The zero-order valence-electron chi connectivity index (χ0n) is 16.5. The highest BCUT2D eigenvalue weighted by Gasteiger charge is 2.35. The van der Waals surface area contributed by atoms with Crippen molar-refractivity contribution in [2.24, 2.45) is 0 Å². The molecule has 0 spiro atoms. The van der Waals surface area contributed by atoms with E-state index in [1.54, 1.807) is 13.0 Å². The Hall–Kier alpha value is -1.41. The van der Waals surface area contributed by atoms with Crippen LogP contribution in [0.3, 0.4) is 0 Å². The average molecular weight is 407 g/mol. The molecular formula is C19H34O7S. The Bertz CT molecular complexity index is 540. The lowest BCUT2D eigenvalue weighted by atomic mass is 10.1. The van der Waals surface area contributed by atoms with E-state index in [4.69, 9.17) is 14.0 Å². The second kappa shape index (κ2) is 15.6. The number of ether oxygens (including phenoxy) is 2. The summed E-state index contributed by atoms with van der Waals surface area (Å²) < 4.78 is 41.4. The molecule has 0 rings (SSSR count). The number of allylic oxidation sites excluding steroid dienone is 1. The van der Waals surface area contributed by atoms with Crippen LogP contribution in [0.5, 0.6) is 0 Å². The largest absolute Gasteiger partial charge is 0.466 e. The molecule has 0 aromatic heterocycles. The molecule has 0 radical (unpaired) electrons. The van der Waals surface area contributed by atoms with E-state index >= 15 is 0 Å². The minimum Gasteiger partial charge on any atom is -0.466 e. The van der Waals surface area contributed by atoms with Gasteiger partial charge in [-0.05, 0) is 13.3 Å². The number of hydrogen-bond acceptors (Lipinski definition) is 6. The van der Waals surface area contributed by atoms with E-state index in [2.05, 4.69) is 6.92 Å². The molecule has 0 fully saturated rings. The third-order valence-corrected chi connectivity index (χ3v) is 5.12. The number of unbranched alkanes of at least 4 members (excludes halogenated alkanes) is 8. The van der Waals surface area contributed by atoms with Gasteiger partial charge in [0, 0.05) is 0 Å². The molecule has 158 valence electrons. The predicted octanol–water partition coefficient (Wildman–Crippen LogP) is 3.83. The van der Waals surface area contributed by atoms with Crippen LogP contribution >= 0.6 is 0 Å². The van der Waals surface area contributed by atoms with Crippen molar-refractivity contribution in [1.29, 1.82) is 0 Å². The van der Waals surface area contributed by atoms with Crippen molar-refractivity contribution in [2.75, 3.05) is 13.2 Å². The molecule has 0 aliphatic rings. The third kappa shape index (κ3) is 14.3. The number of hydrogen-bond donors (Lipinski definition) is 1. The summed E-state index contributed by atoms with van der Waals surface area (Å²) in [5, 5.41) is -1.96. The van der Waals surface area contributed by atoms with Gasteiger partial charge in [0.05, 0.1) is 13.0 Å². The van der Waals surface area contributed by atoms with E-state index in [0.29, 0.717) is 6.42 Å². The lowest BCUT2D eigenvalue weighted by molar-refractivity contribution is -0.149. The van der Waals surface area contributed by atoms with Gasteiger partial charge in [-0.3, -0.25) is 14.1 Å². The Balaban J connectivity index is 4.02. The van der Waals surface area contributed by atoms with Gasteiger partial charge in [-0.2, -0.15) is 8.42 Å². The summed E-state index contributed by atoms with van der Waals surface area (Å²) in [6.45, 7) is 3.93. The van der Waals surface area contributed by atoms with Gasteiger partial charge in [0.2, 0.25) is 0 Å². The van der Waals surface area contributed by atoms with Crippen LogP contribution in [-0.2, 0) is 29.2 Å². The smallest absolute Gasteiger partial charge is 0.327 e. The molecule has 0 aliphatic carbocycles. The Kier molecular flexibility index (Phi) is 14.8. The maximum absolute atomic E-state index is 11.8. The van der Waals surface area contributed by atoms with Crippen LogP contribution in [0.15, 0.2) is 12.2 Å². The number of esters is 2. The fraction of sp³-hybridized carbons (Fsp3) is 0.789. The number of carbonyl (C=O) groups is 2. The summed E-state index contributed by atoms with van der Waals surface area (Å²) in [6, 6.07) is 0. The predicted molar refractivity (Wildman–Crippen MR) is 104 cm³/mol. The molecule has 0 heterocycles. The second-order valence-corrected chi connectivity index (χ2v) is 8.05. The first-order chi connectivity index (χ1) is 12.8. The van der Waals surface area contributed by atoms with Gasteiger partial charge in [-0.25, -0.2) is 0 Å². The van der Waals surface area contributed by atoms with Crippen molar-refractivity contribution in [3.63, 3.8) is 0 Å². The summed E-state index contributed by atoms with van der Waals surface area (Å²) >= 11 is 0. The molecule has 27 heavy (non-hydrogen) atoms. The number of carbonyl (C=O) groups excluding carboxylic acids is 2. The quantitative estimate of drug-likeness (QED) is 0.180. The molecule has 0 aromatic carbocycles. The van der Waals surface area contributed by atoms with Gasteiger partial charge in [0.25, 0.3) is 10.1 Å². The van der Waals surface area contributed by atoms with E-state index in [9.17, 15) is 18.0 Å². The van der Waals surface area contributed by atoms with Crippen LogP contribution in [0.2, 0.25) is 0 Å². The highest BCUT2D eigenvalue weighted by molar-refractivity contribution is 7.87. The van der Waals surface area contributed by atoms with Crippen LogP contribution in [0.25, 0.3) is 0 Å². The zero-order valence-corrected chi connectivity index (χ0v) is 17.3. The van der Waals surface area contributed by atoms with Gasteiger partial charge < -0.3 is 9.47 Å². The molecule has 0 bridgehead atoms. The van der Waals surface area contributed by atoms with Crippen molar-refractivity contribution < 1.29 is 32.0 Å². The topological polar surface area (TPSA) is 107 Å². The molecule has 1 N–H and O–H groups in total. The molecule has 8 heteroatoms. The van der Waals surface area contributed by atoms with E-state index < -0.39 is 33.7 Å². The molecule has 0 saturated heterocycles. The monoisotopic (exact) mass is 406 g/mol. The maximum atomic E-state index is 11.8. The number of rotatable bonds is 16. The summed E-state index contributed by atoms with van der Waals surface area (Å²) in [7, 11) is -4.75. The first-order valence-corrected chi connectivity index (χ1v) is 11.2. The first kappa shape index (κ1) is 25.6. The van der Waals surface area contributed by atoms with E-state index in [1.165, 1.54) is 38.2 Å². The van der Waals surface area contributed by atoms with Crippen molar-refractivity contribution in [3.8, 4) is 0 Å². The second-order valence-electron chi connectivity index (χ2n) is 6.46. The maximum Gasteiger partial charge on any atom is 0.327 e. The SMILES string of the molecule is C/C=C/COC(=O)C(CC(=O)OCCCCCCCCCCC)S(=O)(=O)O. The minimum absolute atomic E-state index is 0.130. The lowest BCUT2D eigenvalue weighted by Gasteiger charge is -2.12.